The summed E-state index contributed by atoms with van der Waals surface area (Å²) in [5, 5.41) is 12.3. The Hall–Kier alpha value is -1.66. The molecule has 0 atom stereocenters. The van der Waals surface area contributed by atoms with Gasteiger partial charge in [-0.2, -0.15) is 0 Å². The fourth-order valence-corrected chi connectivity index (χ4v) is 2.91. The van der Waals surface area contributed by atoms with Crippen LogP contribution < -0.4 is 10.2 Å². The first-order valence-corrected chi connectivity index (χ1v) is 8.50. The van der Waals surface area contributed by atoms with Crippen LogP contribution in [0.4, 0.5) is 11.5 Å². The predicted molar refractivity (Wildman–Crippen MR) is 92.7 cm³/mol. The standard InChI is InChI=1S/C17H28N4O2/c1-3-20(4-2)12-16(23)19-15-6-5-9-18-17(15)21-10-7-14(13-22)8-11-21/h5-6,9,14,22H,3-4,7-8,10-13H2,1-2H3,(H,19,23). The average molecular weight is 320 g/mol. The molecule has 6 nitrogen and oxygen atoms in total. The maximum atomic E-state index is 12.2. The van der Waals surface area contributed by atoms with Crippen molar-refractivity contribution in [3.05, 3.63) is 18.3 Å². The van der Waals surface area contributed by atoms with E-state index in [2.05, 4.69) is 33.9 Å². The number of pyridine rings is 1. The van der Waals surface area contributed by atoms with E-state index in [1.54, 1.807) is 6.20 Å². The van der Waals surface area contributed by atoms with Gasteiger partial charge in [-0.3, -0.25) is 9.69 Å². The first-order valence-electron chi connectivity index (χ1n) is 8.50. The Kier molecular flexibility index (Phi) is 6.80. The van der Waals surface area contributed by atoms with Crippen LogP contribution in [0.3, 0.4) is 0 Å². The van der Waals surface area contributed by atoms with Crippen molar-refractivity contribution in [2.75, 3.05) is 49.5 Å². The first kappa shape index (κ1) is 17.7. The number of hydrogen-bond acceptors (Lipinski definition) is 5. The van der Waals surface area contributed by atoms with Crippen LogP contribution in [0.2, 0.25) is 0 Å². The SMILES string of the molecule is CCN(CC)CC(=O)Nc1cccnc1N1CCC(CO)CC1. The lowest BCUT2D eigenvalue weighted by atomic mass is 9.98. The Morgan fingerprint density at radius 1 is 1.39 bits per heavy atom. The summed E-state index contributed by atoms with van der Waals surface area (Å²) in [5.41, 5.74) is 0.770. The van der Waals surface area contributed by atoms with E-state index in [1.165, 1.54) is 0 Å². The van der Waals surface area contributed by atoms with E-state index in [-0.39, 0.29) is 12.5 Å². The van der Waals surface area contributed by atoms with Crippen molar-refractivity contribution in [2.45, 2.75) is 26.7 Å². The molecule has 0 unspecified atom stereocenters. The monoisotopic (exact) mass is 320 g/mol. The van der Waals surface area contributed by atoms with Gasteiger partial charge in [0.2, 0.25) is 5.91 Å². The van der Waals surface area contributed by atoms with E-state index in [9.17, 15) is 9.90 Å². The molecule has 2 rings (SSSR count). The summed E-state index contributed by atoms with van der Waals surface area (Å²) in [6, 6.07) is 3.75. The molecule has 2 heterocycles. The third kappa shape index (κ3) is 4.91. The molecule has 0 spiro atoms. The molecule has 1 saturated heterocycles. The van der Waals surface area contributed by atoms with Gasteiger partial charge >= 0.3 is 0 Å². The number of nitrogens with one attached hydrogen (secondary N) is 1. The van der Waals surface area contributed by atoms with E-state index in [4.69, 9.17) is 0 Å². The number of nitrogens with zero attached hydrogens (tertiary/aromatic N) is 3. The quantitative estimate of drug-likeness (QED) is 0.798. The van der Waals surface area contributed by atoms with Gasteiger partial charge in [0.25, 0.3) is 0 Å². The molecule has 1 aromatic heterocycles. The number of anilines is 2. The van der Waals surface area contributed by atoms with Crippen LogP contribution >= 0.6 is 0 Å². The summed E-state index contributed by atoms with van der Waals surface area (Å²) >= 11 is 0. The van der Waals surface area contributed by atoms with Crippen LogP contribution in [-0.2, 0) is 4.79 Å². The number of amides is 1. The molecule has 1 amide bonds. The zero-order valence-corrected chi connectivity index (χ0v) is 14.2. The number of rotatable bonds is 7. The van der Waals surface area contributed by atoms with Gasteiger partial charge in [0.15, 0.2) is 5.82 Å². The Labute approximate surface area is 138 Å². The van der Waals surface area contributed by atoms with Gasteiger partial charge in [0.05, 0.1) is 12.2 Å². The predicted octanol–water partition coefficient (Wildman–Crippen LogP) is 1.57. The van der Waals surface area contributed by atoms with Gasteiger partial charge in [-0.1, -0.05) is 13.8 Å². The normalized spacial score (nSPS) is 15.9. The number of carbonyl (C=O) groups is 1. The minimum atomic E-state index is -0.00630. The lowest BCUT2D eigenvalue weighted by Gasteiger charge is -2.33. The molecular weight excluding hydrogens is 292 g/mol. The molecule has 0 aliphatic carbocycles. The van der Waals surface area contributed by atoms with Crippen molar-refractivity contribution < 1.29 is 9.90 Å². The van der Waals surface area contributed by atoms with Crippen molar-refractivity contribution in [3.63, 3.8) is 0 Å². The molecule has 6 heteroatoms. The molecular formula is C17H28N4O2. The van der Waals surface area contributed by atoms with Crippen LogP contribution in [0.5, 0.6) is 0 Å². The second-order valence-electron chi connectivity index (χ2n) is 6.00. The first-order chi connectivity index (χ1) is 11.2. The Morgan fingerprint density at radius 3 is 2.70 bits per heavy atom. The summed E-state index contributed by atoms with van der Waals surface area (Å²) < 4.78 is 0. The van der Waals surface area contributed by atoms with Gasteiger partial charge in [0.1, 0.15) is 0 Å². The third-order valence-corrected chi connectivity index (χ3v) is 4.49. The number of aliphatic hydroxyl groups is 1. The second-order valence-corrected chi connectivity index (χ2v) is 6.00. The minimum Gasteiger partial charge on any atom is -0.396 e. The number of piperidine rings is 1. The van der Waals surface area contributed by atoms with Gasteiger partial charge in [0, 0.05) is 25.9 Å². The fraction of sp³-hybridized carbons (Fsp3) is 0.647. The minimum absolute atomic E-state index is 0.00630. The highest BCUT2D eigenvalue weighted by atomic mass is 16.3. The maximum absolute atomic E-state index is 12.2. The van der Waals surface area contributed by atoms with Crippen molar-refractivity contribution in [1.82, 2.24) is 9.88 Å². The molecule has 1 fully saturated rings. The lowest BCUT2D eigenvalue weighted by molar-refractivity contribution is -0.117. The molecule has 1 aliphatic rings. The third-order valence-electron chi connectivity index (χ3n) is 4.49. The fourth-order valence-electron chi connectivity index (χ4n) is 2.91. The van der Waals surface area contributed by atoms with Gasteiger partial charge < -0.3 is 15.3 Å². The molecule has 0 bridgehead atoms. The number of hydrogen-bond donors (Lipinski definition) is 2. The maximum Gasteiger partial charge on any atom is 0.238 e. The van der Waals surface area contributed by atoms with E-state index < -0.39 is 0 Å². The van der Waals surface area contributed by atoms with Crippen molar-refractivity contribution in [3.8, 4) is 0 Å². The second kappa shape index (κ2) is 8.84. The van der Waals surface area contributed by atoms with E-state index >= 15 is 0 Å². The molecule has 2 N–H and O–H groups in total. The van der Waals surface area contributed by atoms with Crippen LogP contribution in [-0.4, -0.2) is 60.2 Å². The van der Waals surface area contributed by atoms with Crippen molar-refractivity contribution in [2.24, 2.45) is 5.92 Å². The summed E-state index contributed by atoms with van der Waals surface area (Å²) in [6.45, 7) is 8.20. The Bertz CT molecular complexity index is 497. The Balaban J connectivity index is 2.01. The molecule has 1 aromatic rings. The smallest absolute Gasteiger partial charge is 0.238 e. The topological polar surface area (TPSA) is 68.7 Å². The van der Waals surface area contributed by atoms with Crippen molar-refractivity contribution in [1.29, 1.82) is 0 Å². The average Bonchev–Trinajstić information content (AvgIpc) is 2.60. The van der Waals surface area contributed by atoms with Gasteiger partial charge in [-0.05, 0) is 44.0 Å². The summed E-state index contributed by atoms with van der Waals surface area (Å²) in [5.74, 6) is 1.21. The van der Waals surface area contributed by atoms with Crippen LogP contribution in [0, 0.1) is 5.92 Å². The lowest BCUT2D eigenvalue weighted by Crippen LogP contribution is -2.37. The number of likely N-dealkylation sites (N-methyl/N-ethyl adjacent to an activating group) is 1. The summed E-state index contributed by atoms with van der Waals surface area (Å²) in [6.07, 6.45) is 3.67. The highest BCUT2D eigenvalue weighted by molar-refractivity contribution is 5.94. The molecule has 23 heavy (non-hydrogen) atoms. The molecule has 0 radical (unpaired) electrons. The van der Waals surface area contributed by atoms with Gasteiger partial charge in [-0.15, -0.1) is 0 Å². The van der Waals surface area contributed by atoms with E-state index in [1.807, 2.05) is 12.1 Å². The highest BCUT2D eigenvalue weighted by Gasteiger charge is 2.22. The summed E-state index contributed by atoms with van der Waals surface area (Å²) in [4.78, 5) is 21.0. The van der Waals surface area contributed by atoms with E-state index in [0.29, 0.717) is 12.5 Å². The van der Waals surface area contributed by atoms with Crippen molar-refractivity contribution >= 4 is 17.4 Å². The zero-order chi connectivity index (χ0) is 16.7. The molecule has 0 saturated carbocycles. The largest absolute Gasteiger partial charge is 0.396 e. The molecule has 1 aliphatic heterocycles. The summed E-state index contributed by atoms with van der Waals surface area (Å²) in [7, 11) is 0. The highest BCUT2D eigenvalue weighted by Crippen LogP contribution is 2.27. The van der Waals surface area contributed by atoms with Gasteiger partial charge in [-0.25, -0.2) is 4.98 Å². The van der Waals surface area contributed by atoms with Crippen LogP contribution in [0.1, 0.15) is 26.7 Å². The number of aliphatic hydroxyl groups excluding tert-OH is 1. The molecule has 128 valence electrons. The number of carbonyl (C=O) groups excluding carboxylic acids is 1. The number of aromatic nitrogens is 1. The van der Waals surface area contributed by atoms with Crippen LogP contribution in [0.25, 0.3) is 0 Å². The molecule has 0 aromatic carbocycles. The van der Waals surface area contributed by atoms with Crippen LogP contribution in [0.15, 0.2) is 18.3 Å². The van der Waals surface area contributed by atoms with E-state index in [0.717, 1.165) is 50.5 Å². The zero-order valence-electron chi connectivity index (χ0n) is 14.2. The Morgan fingerprint density at radius 2 is 2.09 bits per heavy atom.